The Morgan fingerprint density at radius 2 is 1.93 bits per heavy atom. The molecule has 0 radical (unpaired) electrons. The number of fused-ring (bicyclic) bond motifs is 2. The predicted molar refractivity (Wildman–Crippen MR) is 110 cm³/mol. The summed E-state index contributed by atoms with van der Waals surface area (Å²) < 4.78 is 21.2. The first-order valence-corrected chi connectivity index (χ1v) is 10.2. The van der Waals surface area contributed by atoms with Crippen LogP contribution in [0.2, 0.25) is 0 Å². The molecule has 0 spiro atoms. The minimum atomic E-state index is -0.308. The lowest BCUT2D eigenvalue weighted by molar-refractivity contribution is -0.126. The summed E-state index contributed by atoms with van der Waals surface area (Å²) in [5.41, 5.74) is 2.70. The van der Waals surface area contributed by atoms with Gasteiger partial charge in [-0.15, -0.1) is 5.10 Å². The van der Waals surface area contributed by atoms with Crippen LogP contribution in [0, 0.1) is 11.7 Å². The molecule has 1 N–H and O–H groups in total. The van der Waals surface area contributed by atoms with Crippen molar-refractivity contribution in [2.45, 2.75) is 38.5 Å². The molecule has 1 aliphatic heterocycles. The summed E-state index contributed by atoms with van der Waals surface area (Å²) in [6.07, 6.45) is 3.57. The molecule has 0 fully saturated rings. The van der Waals surface area contributed by atoms with Gasteiger partial charge in [0.15, 0.2) is 0 Å². The van der Waals surface area contributed by atoms with Gasteiger partial charge in [-0.1, -0.05) is 47.7 Å². The van der Waals surface area contributed by atoms with Crippen molar-refractivity contribution in [2.24, 2.45) is 5.92 Å². The molecular formula is C23H25FN4O2. The van der Waals surface area contributed by atoms with Crippen LogP contribution in [0.25, 0.3) is 0 Å². The molecule has 2 aromatic carbocycles. The summed E-state index contributed by atoms with van der Waals surface area (Å²) in [6.45, 7) is 1.29. The maximum absolute atomic E-state index is 13.6. The highest BCUT2D eigenvalue weighted by atomic mass is 19.1. The van der Waals surface area contributed by atoms with Crippen molar-refractivity contribution in [3.63, 3.8) is 0 Å². The van der Waals surface area contributed by atoms with Crippen LogP contribution in [-0.4, -0.2) is 33.5 Å². The van der Waals surface area contributed by atoms with Gasteiger partial charge < -0.3 is 10.1 Å². The highest BCUT2D eigenvalue weighted by Gasteiger charge is 2.24. The number of aryl methyl sites for hydroxylation is 1. The Hall–Kier alpha value is -3.06. The van der Waals surface area contributed by atoms with Gasteiger partial charge in [0, 0.05) is 12.5 Å². The fraction of sp³-hybridized carbons (Fsp3) is 0.348. The van der Waals surface area contributed by atoms with Crippen LogP contribution in [0.5, 0.6) is 0 Å². The van der Waals surface area contributed by atoms with Crippen LogP contribution in [0.3, 0.4) is 0 Å². The van der Waals surface area contributed by atoms with Crippen LogP contribution in [0.15, 0.2) is 60.8 Å². The molecule has 2 heterocycles. The van der Waals surface area contributed by atoms with Crippen molar-refractivity contribution in [3.05, 3.63) is 83.4 Å². The van der Waals surface area contributed by atoms with Gasteiger partial charge in [0.2, 0.25) is 5.91 Å². The minimum absolute atomic E-state index is 0.0512. The van der Waals surface area contributed by atoms with Gasteiger partial charge >= 0.3 is 0 Å². The lowest BCUT2D eigenvalue weighted by atomic mass is 9.94. The summed E-state index contributed by atoms with van der Waals surface area (Å²) in [5.74, 6) is -0.654. The van der Waals surface area contributed by atoms with Gasteiger partial charge in [-0.05, 0) is 42.5 Å². The van der Waals surface area contributed by atoms with Crippen LogP contribution in [0.1, 0.15) is 23.2 Å². The number of amides is 1. The van der Waals surface area contributed by atoms with Gasteiger partial charge in [0.1, 0.15) is 11.5 Å². The Morgan fingerprint density at radius 3 is 2.77 bits per heavy atom. The number of aromatic nitrogens is 3. The lowest BCUT2D eigenvalue weighted by Crippen LogP contribution is -2.43. The number of ether oxygens (including phenoxy) is 1. The van der Waals surface area contributed by atoms with Crippen LogP contribution >= 0.6 is 0 Å². The monoisotopic (exact) mass is 408 g/mol. The summed E-state index contributed by atoms with van der Waals surface area (Å²) >= 11 is 0. The van der Waals surface area contributed by atoms with Crippen molar-refractivity contribution in [3.8, 4) is 0 Å². The van der Waals surface area contributed by atoms with E-state index in [4.69, 9.17) is 4.74 Å². The van der Waals surface area contributed by atoms with E-state index in [-0.39, 0.29) is 23.7 Å². The summed E-state index contributed by atoms with van der Waals surface area (Å²) in [7, 11) is 0. The number of hydrogen-bond donors (Lipinski definition) is 1. The highest BCUT2D eigenvalue weighted by Crippen LogP contribution is 2.17. The number of hydrogen-bond acceptors (Lipinski definition) is 4. The Morgan fingerprint density at radius 1 is 1.10 bits per heavy atom. The lowest BCUT2D eigenvalue weighted by Gasteiger charge is -2.23. The molecule has 2 atom stereocenters. The van der Waals surface area contributed by atoms with E-state index in [1.165, 1.54) is 12.1 Å². The number of halogens is 1. The quantitative estimate of drug-likeness (QED) is 0.721. The molecule has 4 rings (SSSR count). The zero-order chi connectivity index (χ0) is 20.8. The Balaban J connectivity index is 1.54. The number of benzene rings is 2. The summed E-state index contributed by atoms with van der Waals surface area (Å²) in [5, 5.41) is 11.4. The van der Waals surface area contributed by atoms with Gasteiger partial charge in [0.05, 0.1) is 25.5 Å². The molecule has 0 saturated carbocycles. The van der Waals surface area contributed by atoms with Gasteiger partial charge in [-0.25, -0.2) is 4.39 Å². The second-order valence-corrected chi connectivity index (χ2v) is 7.70. The molecule has 1 amide bonds. The van der Waals surface area contributed by atoms with Crippen molar-refractivity contribution in [2.75, 3.05) is 6.61 Å². The number of nitrogens with one attached hydrogen (secondary N) is 1. The molecule has 0 unspecified atom stereocenters. The van der Waals surface area contributed by atoms with Crippen LogP contribution in [0.4, 0.5) is 4.39 Å². The molecule has 156 valence electrons. The average molecular weight is 408 g/mol. The molecule has 7 heteroatoms. The van der Waals surface area contributed by atoms with Crippen molar-refractivity contribution in [1.29, 1.82) is 0 Å². The molecule has 0 aliphatic carbocycles. The first-order chi connectivity index (χ1) is 14.7. The van der Waals surface area contributed by atoms with Gasteiger partial charge in [-0.2, -0.15) is 0 Å². The molecule has 30 heavy (non-hydrogen) atoms. The Bertz CT molecular complexity index is 976. The van der Waals surface area contributed by atoms with E-state index in [0.29, 0.717) is 39.0 Å². The molecule has 2 bridgehead atoms. The zero-order valence-electron chi connectivity index (χ0n) is 16.7. The zero-order valence-corrected chi connectivity index (χ0v) is 16.7. The van der Waals surface area contributed by atoms with Crippen LogP contribution < -0.4 is 5.32 Å². The van der Waals surface area contributed by atoms with E-state index in [1.54, 1.807) is 10.7 Å². The van der Waals surface area contributed by atoms with Crippen LogP contribution in [-0.2, 0) is 35.5 Å². The summed E-state index contributed by atoms with van der Waals surface area (Å²) in [6, 6.07) is 16.3. The highest BCUT2D eigenvalue weighted by molar-refractivity contribution is 5.79. The topological polar surface area (TPSA) is 69.0 Å². The number of rotatable bonds is 4. The first kappa shape index (κ1) is 20.2. The van der Waals surface area contributed by atoms with Crippen molar-refractivity contribution < 1.29 is 13.9 Å². The molecule has 1 aliphatic rings. The van der Waals surface area contributed by atoms with Crippen molar-refractivity contribution >= 4 is 5.91 Å². The van der Waals surface area contributed by atoms with E-state index in [0.717, 1.165) is 16.8 Å². The molecular weight excluding hydrogens is 383 g/mol. The number of carbonyl (C=O) groups is 1. The van der Waals surface area contributed by atoms with E-state index >= 15 is 0 Å². The third-order valence-electron chi connectivity index (χ3n) is 5.27. The molecule has 6 nitrogen and oxygen atoms in total. The Kier molecular flexibility index (Phi) is 6.49. The fourth-order valence-corrected chi connectivity index (χ4v) is 3.75. The first-order valence-electron chi connectivity index (χ1n) is 10.2. The third-order valence-corrected chi connectivity index (χ3v) is 5.27. The number of nitrogens with zero attached hydrogens (tertiary/aromatic N) is 3. The second-order valence-electron chi connectivity index (χ2n) is 7.70. The smallest absolute Gasteiger partial charge is 0.223 e. The maximum Gasteiger partial charge on any atom is 0.223 e. The third kappa shape index (κ3) is 5.51. The SMILES string of the molecule is O=C1N[C@@H](Cc2ccccc2)COCc2cn(nn2)CC[C@@H]1Cc1cccc(F)c1. The predicted octanol–water partition coefficient (Wildman–Crippen LogP) is 2.92. The maximum atomic E-state index is 13.6. The minimum Gasteiger partial charge on any atom is -0.373 e. The van der Waals surface area contributed by atoms with Crippen molar-refractivity contribution in [1.82, 2.24) is 20.3 Å². The molecule has 1 aromatic heterocycles. The van der Waals surface area contributed by atoms with E-state index in [2.05, 4.69) is 15.6 Å². The molecule has 0 saturated heterocycles. The van der Waals surface area contributed by atoms with Gasteiger partial charge in [-0.3, -0.25) is 9.48 Å². The largest absolute Gasteiger partial charge is 0.373 e. The van der Waals surface area contributed by atoms with E-state index in [9.17, 15) is 9.18 Å². The average Bonchev–Trinajstić information content (AvgIpc) is 3.19. The second kappa shape index (κ2) is 9.63. The fourth-order valence-electron chi connectivity index (χ4n) is 3.75. The summed E-state index contributed by atoms with van der Waals surface area (Å²) in [4.78, 5) is 13.2. The number of carbonyl (C=O) groups excluding carboxylic acids is 1. The molecule has 3 aromatic rings. The standard InChI is InChI=1S/C23H25FN4O2/c24-20-8-4-7-18(12-20)11-19-9-10-28-14-22(26-27-28)16-30-15-21(25-23(19)29)13-17-5-2-1-3-6-17/h1-8,12,14,19,21H,9-11,13,15-16H2,(H,25,29)/t19-,21+/m1/s1. The Labute approximate surface area is 175 Å². The van der Waals surface area contributed by atoms with Gasteiger partial charge in [0.25, 0.3) is 0 Å². The van der Waals surface area contributed by atoms with E-state index < -0.39 is 0 Å². The normalized spacial score (nSPS) is 20.1. The van der Waals surface area contributed by atoms with E-state index in [1.807, 2.05) is 42.6 Å².